The first kappa shape index (κ1) is 24.4. The van der Waals surface area contributed by atoms with Crippen LogP contribution in [0.25, 0.3) is 21.5 Å². The normalized spacial score (nSPS) is 14.2. The lowest BCUT2D eigenvalue weighted by molar-refractivity contribution is -0.387. The number of piperazine rings is 1. The summed E-state index contributed by atoms with van der Waals surface area (Å²) >= 11 is 0. The smallest absolute Gasteiger partial charge is 0.423 e. The van der Waals surface area contributed by atoms with Crippen molar-refractivity contribution in [1.82, 2.24) is 4.90 Å². The molecule has 190 valence electrons. The van der Waals surface area contributed by atoms with E-state index < -0.39 is 22.4 Å². The summed E-state index contributed by atoms with van der Waals surface area (Å²) in [6.45, 7) is 1.89. The van der Waals surface area contributed by atoms with Gasteiger partial charge in [-0.2, -0.15) is 13.2 Å². The Kier molecular flexibility index (Phi) is 6.32. The van der Waals surface area contributed by atoms with E-state index in [0.29, 0.717) is 26.2 Å². The van der Waals surface area contributed by atoms with Crippen molar-refractivity contribution in [3.05, 3.63) is 88.5 Å². The molecule has 1 fully saturated rings. The molecule has 0 aromatic heterocycles. The number of nitro groups is 1. The van der Waals surface area contributed by atoms with Crippen molar-refractivity contribution < 1.29 is 27.6 Å². The fourth-order valence-corrected chi connectivity index (χ4v) is 4.65. The van der Waals surface area contributed by atoms with Gasteiger partial charge in [0.15, 0.2) is 6.61 Å². The average Bonchev–Trinajstić information content (AvgIpc) is 2.90. The number of benzene rings is 4. The van der Waals surface area contributed by atoms with Crippen LogP contribution in [-0.2, 0) is 11.0 Å². The van der Waals surface area contributed by atoms with Crippen molar-refractivity contribution in [1.29, 1.82) is 0 Å². The summed E-state index contributed by atoms with van der Waals surface area (Å²) in [6.07, 6.45) is -4.93. The SMILES string of the molecule is O=C(COc1ccc2ccc([N+](=O)[O-])c(C(F)(F)F)c2c1)N1CCN(c2ccc3ccccc3c2)CC1. The molecule has 0 bridgehead atoms. The third kappa shape index (κ3) is 5.00. The number of halogens is 3. The molecule has 1 amide bonds. The van der Waals surface area contributed by atoms with Gasteiger partial charge in [-0.25, -0.2) is 0 Å². The van der Waals surface area contributed by atoms with Gasteiger partial charge in [-0.15, -0.1) is 0 Å². The van der Waals surface area contributed by atoms with Crippen LogP contribution in [-0.4, -0.2) is 48.5 Å². The molecule has 0 spiro atoms. The zero-order valence-electron chi connectivity index (χ0n) is 19.6. The highest BCUT2D eigenvalue weighted by Gasteiger charge is 2.40. The highest BCUT2D eigenvalue weighted by molar-refractivity contribution is 5.91. The van der Waals surface area contributed by atoms with E-state index in [1.807, 2.05) is 12.1 Å². The fourth-order valence-electron chi connectivity index (χ4n) is 4.65. The molecule has 4 aromatic carbocycles. The summed E-state index contributed by atoms with van der Waals surface area (Å²) in [4.78, 5) is 26.7. The molecule has 1 heterocycles. The number of anilines is 1. The molecule has 0 aliphatic carbocycles. The van der Waals surface area contributed by atoms with E-state index in [1.165, 1.54) is 18.2 Å². The number of ether oxygens (including phenoxy) is 1. The molecule has 10 heteroatoms. The van der Waals surface area contributed by atoms with Crippen LogP contribution >= 0.6 is 0 Å². The molecule has 0 N–H and O–H groups in total. The molecular formula is C27H22F3N3O4. The van der Waals surface area contributed by atoms with Gasteiger partial charge in [-0.05, 0) is 46.5 Å². The first-order valence-corrected chi connectivity index (χ1v) is 11.6. The molecule has 0 unspecified atom stereocenters. The number of carbonyl (C=O) groups is 1. The van der Waals surface area contributed by atoms with E-state index in [0.717, 1.165) is 28.6 Å². The van der Waals surface area contributed by atoms with Crippen LogP contribution < -0.4 is 9.64 Å². The standard InChI is InChI=1S/C27H22F3N3O4/c28-27(29,30)26-23-16-22(9-6-19(23)7-10-24(26)33(35)36)37-17-25(34)32-13-11-31(12-14-32)21-8-5-18-3-1-2-4-20(18)15-21/h1-10,15-16H,11-14,17H2. The van der Waals surface area contributed by atoms with E-state index in [2.05, 4.69) is 35.2 Å². The third-order valence-corrected chi connectivity index (χ3v) is 6.54. The molecule has 7 nitrogen and oxygen atoms in total. The second-order valence-corrected chi connectivity index (χ2v) is 8.79. The molecule has 0 saturated carbocycles. The Morgan fingerprint density at radius 3 is 2.27 bits per heavy atom. The predicted molar refractivity (Wildman–Crippen MR) is 134 cm³/mol. The summed E-state index contributed by atoms with van der Waals surface area (Å²) in [5.74, 6) is -0.255. The Balaban J connectivity index is 1.25. The van der Waals surface area contributed by atoms with Gasteiger partial charge < -0.3 is 14.5 Å². The number of fused-ring (bicyclic) bond motifs is 2. The van der Waals surface area contributed by atoms with Gasteiger partial charge in [0.25, 0.3) is 11.6 Å². The van der Waals surface area contributed by atoms with Crippen molar-refractivity contribution >= 4 is 38.8 Å². The lowest BCUT2D eigenvalue weighted by Gasteiger charge is -2.36. The summed E-state index contributed by atoms with van der Waals surface area (Å²) in [7, 11) is 0. The topological polar surface area (TPSA) is 75.9 Å². The summed E-state index contributed by atoms with van der Waals surface area (Å²) in [6, 6.07) is 20.4. The minimum absolute atomic E-state index is 0.0293. The van der Waals surface area contributed by atoms with Crippen LogP contribution in [0.5, 0.6) is 5.75 Å². The van der Waals surface area contributed by atoms with Crippen molar-refractivity contribution in [2.75, 3.05) is 37.7 Å². The average molecular weight is 509 g/mol. The summed E-state index contributed by atoms with van der Waals surface area (Å²) in [5.41, 5.74) is -1.29. The zero-order valence-corrected chi connectivity index (χ0v) is 19.6. The molecule has 1 aliphatic heterocycles. The minimum Gasteiger partial charge on any atom is -0.484 e. The van der Waals surface area contributed by atoms with Crippen LogP contribution in [0.2, 0.25) is 0 Å². The Morgan fingerprint density at radius 1 is 0.892 bits per heavy atom. The maximum Gasteiger partial charge on any atom is 0.423 e. The van der Waals surface area contributed by atoms with Gasteiger partial charge in [0.05, 0.1) is 4.92 Å². The van der Waals surface area contributed by atoms with E-state index in [-0.39, 0.29) is 29.0 Å². The Morgan fingerprint density at radius 2 is 1.57 bits per heavy atom. The molecule has 5 rings (SSSR count). The molecule has 4 aromatic rings. The molecule has 0 radical (unpaired) electrons. The van der Waals surface area contributed by atoms with Gasteiger partial charge in [0.2, 0.25) is 0 Å². The Labute approximate surface area is 209 Å². The van der Waals surface area contributed by atoms with Crippen molar-refractivity contribution in [2.45, 2.75) is 6.18 Å². The molecule has 1 aliphatic rings. The van der Waals surface area contributed by atoms with Crippen LogP contribution in [0.4, 0.5) is 24.5 Å². The monoisotopic (exact) mass is 509 g/mol. The largest absolute Gasteiger partial charge is 0.484 e. The summed E-state index contributed by atoms with van der Waals surface area (Å²) < 4.78 is 46.5. The van der Waals surface area contributed by atoms with Gasteiger partial charge in [-0.1, -0.05) is 36.4 Å². The van der Waals surface area contributed by atoms with Gasteiger partial charge in [0.1, 0.15) is 11.3 Å². The number of amides is 1. The number of alkyl halides is 3. The lowest BCUT2D eigenvalue weighted by Crippen LogP contribution is -2.50. The number of nitrogens with zero attached hydrogens (tertiary/aromatic N) is 3. The third-order valence-electron chi connectivity index (χ3n) is 6.54. The maximum atomic E-state index is 13.6. The van der Waals surface area contributed by atoms with Crippen LogP contribution in [0.1, 0.15) is 5.56 Å². The van der Waals surface area contributed by atoms with E-state index in [9.17, 15) is 28.1 Å². The Hall–Kier alpha value is -4.34. The first-order valence-electron chi connectivity index (χ1n) is 11.6. The number of carbonyl (C=O) groups excluding carboxylic acids is 1. The highest BCUT2D eigenvalue weighted by atomic mass is 19.4. The second-order valence-electron chi connectivity index (χ2n) is 8.79. The molecule has 1 saturated heterocycles. The van der Waals surface area contributed by atoms with E-state index in [1.54, 1.807) is 4.90 Å². The fraction of sp³-hybridized carbons (Fsp3) is 0.222. The van der Waals surface area contributed by atoms with Crippen LogP contribution in [0, 0.1) is 10.1 Å². The molecular weight excluding hydrogens is 487 g/mol. The number of hydrogen-bond donors (Lipinski definition) is 0. The molecule has 0 atom stereocenters. The number of nitro benzene ring substituents is 1. The molecule has 37 heavy (non-hydrogen) atoms. The van der Waals surface area contributed by atoms with E-state index >= 15 is 0 Å². The van der Waals surface area contributed by atoms with Gasteiger partial charge in [0, 0.05) is 43.3 Å². The first-order chi connectivity index (χ1) is 17.7. The van der Waals surface area contributed by atoms with Crippen LogP contribution in [0.3, 0.4) is 0 Å². The van der Waals surface area contributed by atoms with Gasteiger partial charge in [-0.3, -0.25) is 14.9 Å². The predicted octanol–water partition coefficient (Wildman–Crippen LogP) is 5.65. The zero-order chi connectivity index (χ0) is 26.2. The van der Waals surface area contributed by atoms with E-state index in [4.69, 9.17) is 4.74 Å². The second kappa shape index (κ2) is 9.61. The minimum atomic E-state index is -4.93. The van der Waals surface area contributed by atoms with Gasteiger partial charge >= 0.3 is 6.18 Å². The number of rotatable bonds is 5. The number of hydrogen-bond acceptors (Lipinski definition) is 5. The summed E-state index contributed by atoms with van der Waals surface area (Å²) in [5, 5.41) is 13.3. The lowest BCUT2D eigenvalue weighted by atomic mass is 10.0. The van der Waals surface area contributed by atoms with Crippen LogP contribution in [0.15, 0.2) is 72.8 Å². The van der Waals surface area contributed by atoms with Crippen molar-refractivity contribution in [3.63, 3.8) is 0 Å². The maximum absolute atomic E-state index is 13.6. The quantitative estimate of drug-likeness (QED) is 0.257. The highest BCUT2D eigenvalue weighted by Crippen LogP contribution is 2.42. The van der Waals surface area contributed by atoms with Crippen molar-refractivity contribution in [3.8, 4) is 5.75 Å². The van der Waals surface area contributed by atoms with Crippen molar-refractivity contribution in [2.24, 2.45) is 0 Å². The Bertz CT molecular complexity index is 1500.